The van der Waals surface area contributed by atoms with Gasteiger partial charge in [-0.15, -0.1) is 0 Å². The number of carbonyl (C=O) groups is 1. The minimum Gasteiger partial charge on any atom is -0.387 e. The van der Waals surface area contributed by atoms with E-state index < -0.39 is 20.0 Å². The molecule has 3 N–H and O–H groups in total. The number of unbranched alkanes of at least 4 members (excludes halogenated alkanes) is 26. The zero-order chi connectivity index (χ0) is 57.0. The van der Waals surface area contributed by atoms with Gasteiger partial charge in [-0.3, -0.25) is 13.8 Å². The fourth-order valence-corrected chi connectivity index (χ4v) is 9.46. The molecule has 0 saturated heterocycles. The second kappa shape index (κ2) is 58.6. The Bertz CT molecular complexity index is 1680. The van der Waals surface area contributed by atoms with E-state index in [1.165, 1.54) is 148 Å². The first-order valence-corrected chi connectivity index (χ1v) is 33.4. The van der Waals surface area contributed by atoms with Crippen molar-refractivity contribution in [1.29, 1.82) is 0 Å². The van der Waals surface area contributed by atoms with Crippen LogP contribution >= 0.6 is 7.82 Å². The lowest BCUT2D eigenvalue weighted by Crippen LogP contribution is -2.45. The number of hydrogen-bond acceptors (Lipinski definition) is 5. The van der Waals surface area contributed by atoms with Crippen molar-refractivity contribution in [3.05, 3.63) is 122 Å². The molecule has 8 nitrogen and oxygen atoms in total. The van der Waals surface area contributed by atoms with Gasteiger partial charge in [0.1, 0.15) is 13.2 Å². The summed E-state index contributed by atoms with van der Waals surface area (Å²) < 4.78 is 23.7. The molecule has 0 rings (SSSR count). The van der Waals surface area contributed by atoms with Crippen molar-refractivity contribution in [2.75, 3.05) is 40.9 Å². The van der Waals surface area contributed by atoms with Crippen molar-refractivity contribution in [3.63, 3.8) is 0 Å². The van der Waals surface area contributed by atoms with Crippen LogP contribution in [-0.4, -0.2) is 73.4 Å². The molecule has 0 aliphatic rings. The van der Waals surface area contributed by atoms with Gasteiger partial charge < -0.3 is 19.8 Å². The third-order valence-electron chi connectivity index (χ3n) is 13.7. The third-order valence-corrected chi connectivity index (χ3v) is 14.6. The predicted octanol–water partition coefficient (Wildman–Crippen LogP) is 20.1. The van der Waals surface area contributed by atoms with Crippen molar-refractivity contribution >= 4 is 13.7 Å². The van der Waals surface area contributed by atoms with Crippen LogP contribution in [0.3, 0.4) is 0 Å². The van der Waals surface area contributed by atoms with Crippen LogP contribution in [-0.2, 0) is 18.4 Å². The number of rotatable bonds is 57. The highest BCUT2D eigenvalue weighted by Crippen LogP contribution is 2.43. The van der Waals surface area contributed by atoms with E-state index in [9.17, 15) is 19.4 Å². The molecule has 9 heteroatoms. The summed E-state index contributed by atoms with van der Waals surface area (Å²) in [6.07, 6.45) is 87.5. The monoisotopic (exact) mass is 1110 g/mol. The number of carbonyl (C=O) groups excluding carboxylic acids is 1. The Morgan fingerprint density at radius 2 is 0.782 bits per heavy atom. The fourth-order valence-electron chi connectivity index (χ4n) is 8.72. The van der Waals surface area contributed by atoms with Gasteiger partial charge in [-0.25, -0.2) is 4.57 Å². The number of phosphoric ester groups is 1. The molecule has 0 heterocycles. The Morgan fingerprint density at radius 1 is 0.449 bits per heavy atom. The number of phosphoric acid groups is 1. The van der Waals surface area contributed by atoms with Gasteiger partial charge in [0.15, 0.2) is 0 Å². The van der Waals surface area contributed by atoms with Crippen LogP contribution in [0.2, 0.25) is 0 Å². The number of amides is 1. The van der Waals surface area contributed by atoms with Crippen molar-refractivity contribution in [2.45, 2.75) is 270 Å². The summed E-state index contributed by atoms with van der Waals surface area (Å²) in [6.45, 7) is 4.68. The molecule has 0 spiro atoms. The van der Waals surface area contributed by atoms with Gasteiger partial charge in [0.05, 0.1) is 39.9 Å². The van der Waals surface area contributed by atoms with Crippen LogP contribution < -0.4 is 5.32 Å². The molecular weight excluding hydrogens is 984 g/mol. The summed E-state index contributed by atoms with van der Waals surface area (Å²) >= 11 is 0. The van der Waals surface area contributed by atoms with E-state index in [1.54, 1.807) is 6.08 Å². The number of allylic oxidation sites excluding steroid dienone is 19. The van der Waals surface area contributed by atoms with Gasteiger partial charge in [-0.1, -0.05) is 277 Å². The number of quaternary nitrogens is 1. The quantitative estimate of drug-likeness (QED) is 0.0243. The number of nitrogens with zero attached hydrogens (tertiary/aromatic N) is 1. The fraction of sp³-hybridized carbons (Fsp3) is 0.696. The van der Waals surface area contributed by atoms with Crippen LogP contribution in [0, 0.1) is 0 Å². The first-order valence-electron chi connectivity index (χ1n) is 31.9. The van der Waals surface area contributed by atoms with Crippen LogP contribution in [0.1, 0.15) is 258 Å². The minimum atomic E-state index is -4.36. The summed E-state index contributed by atoms with van der Waals surface area (Å²) in [4.78, 5) is 23.3. The highest BCUT2D eigenvalue weighted by molar-refractivity contribution is 7.47. The van der Waals surface area contributed by atoms with E-state index in [4.69, 9.17) is 9.05 Å². The number of likely N-dealkylation sites (N-methyl/N-ethyl adjacent to an activating group) is 1. The van der Waals surface area contributed by atoms with Gasteiger partial charge in [0.2, 0.25) is 5.91 Å². The molecule has 3 atom stereocenters. The molecule has 0 aliphatic heterocycles. The van der Waals surface area contributed by atoms with Crippen molar-refractivity contribution in [2.24, 2.45) is 0 Å². The predicted molar refractivity (Wildman–Crippen MR) is 341 cm³/mol. The van der Waals surface area contributed by atoms with E-state index >= 15 is 0 Å². The molecule has 0 aromatic rings. The number of aliphatic hydroxyl groups excluding tert-OH is 1. The summed E-state index contributed by atoms with van der Waals surface area (Å²) in [5.41, 5.74) is 0. The van der Waals surface area contributed by atoms with Crippen LogP contribution in [0.25, 0.3) is 0 Å². The van der Waals surface area contributed by atoms with Crippen molar-refractivity contribution in [1.82, 2.24) is 5.32 Å². The maximum atomic E-state index is 13.0. The molecule has 0 saturated carbocycles. The number of nitrogens with one attached hydrogen (secondary N) is 1. The maximum Gasteiger partial charge on any atom is 0.472 e. The zero-order valence-electron chi connectivity index (χ0n) is 51.1. The lowest BCUT2D eigenvalue weighted by atomic mass is 10.0. The Balaban J connectivity index is 4.09. The Labute approximate surface area is 482 Å². The smallest absolute Gasteiger partial charge is 0.387 e. The van der Waals surface area contributed by atoms with Crippen LogP contribution in [0.5, 0.6) is 0 Å². The molecule has 0 aliphatic carbocycles. The van der Waals surface area contributed by atoms with Crippen molar-refractivity contribution < 1.29 is 32.9 Å². The topological polar surface area (TPSA) is 105 Å². The standard InChI is InChI=1S/C69H121N2O6P/c1-6-8-10-12-14-16-18-20-22-24-25-26-27-28-29-30-31-32-33-34-35-36-37-38-39-40-41-42-43-44-45-47-49-51-53-55-57-59-61-63-69(73)70-67(66-77-78(74,75)76-65-64-71(3,4)5)68(72)62-60-58-56-54-52-50-48-46-23-21-19-17-15-13-11-9-7-2/h8,10,14,16,20,22,25-26,28-29,31-32,34-35,37-38,52,54,60,62,67-68,72H,6-7,9,11-13,15,17-19,21,23-24,27,30,33,36,39-51,53,55-59,61,63-66H2,1-5H3,(H-,70,73,74,75)/p+1/b10-8-,16-14-,22-20-,26-25-,29-28-,32-31-,35-34-,38-37-,54-52+,62-60+. The average molecular weight is 1110 g/mol. The molecule has 0 aromatic carbocycles. The molecule has 448 valence electrons. The maximum absolute atomic E-state index is 13.0. The second-order valence-electron chi connectivity index (χ2n) is 22.4. The Morgan fingerprint density at radius 3 is 1.18 bits per heavy atom. The van der Waals surface area contributed by atoms with E-state index in [2.05, 4.69) is 129 Å². The lowest BCUT2D eigenvalue weighted by Gasteiger charge is -2.25. The van der Waals surface area contributed by atoms with E-state index in [1.807, 2.05) is 27.2 Å². The molecule has 1 amide bonds. The number of hydrogen-bond donors (Lipinski definition) is 3. The van der Waals surface area contributed by atoms with Gasteiger partial charge in [0.25, 0.3) is 0 Å². The molecule has 0 bridgehead atoms. The van der Waals surface area contributed by atoms with Crippen molar-refractivity contribution in [3.8, 4) is 0 Å². The van der Waals surface area contributed by atoms with E-state index in [0.717, 1.165) is 89.9 Å². The first-order chi connectivity index (χ1) is 38.0. The van der Waals surface area contributed by atoms with Crippen LogP contribution in [0.15, 0.2) is 122 Å². The van der Waals surface area contributed by atoms with Gasteiger partial charge in [0, 0.05) is 6.42 Å². The van der Waals surface area contributed by atoms with Gasteiger partial charge >= 0.3 is 7.82 Å². The average Bonchev–Trinajstić information content (AvgIpc) is 3.40. The molecule has 78 heavy (non-hydrogen) atoms. The minimum absolute atomic E-state index is 0.0519. The summed E-state index contributed by atoms with van der Waals surface area (Å²) in [7, 11) is 1.55. The second-order valence-corrected chi connectivity index (χ2v) is 23.8. The SMILES string of the molecule is CC/C=C\C/C=C\C/C=C\C/C=C\C/C=C\C/C=C\C/C=C\C/C=C\CCCCCCCCCCCCCCCCC(=O)NC(COP(=O)(O)OCC[N+](C)(C)C)C(O)/C=C/CC/C=C/CCCCCCCCCCCCC. The van der Waals surface area contributed by atoms with E-state index in [0.29, 0.717) is 17.4 Å². The van der Waals surface area contributed by atoms with Gasteiger partial charge in [-0.05, 0) is 96.3 Å². The molecule has 0 fully saturated rings. The molecule has 0 aromatic heterocycles. The zero-order valence-corrected chi connectivity index (χ0v) is 52.0. The highest BCUT2D eigenvalue weighted by Gasteiger charge is 2.27. The highest BCUT2D eigenvalue weighted by atomic mass is 31.2. The molecular formula is C69H122N2O6P+. The largest absolute Gasteiger partial charge is 0.472 e. The summed E-state index contributed by atoms with van der Waals surface area (Å²) in [5, 5.41) is 13.9. The molecule has 0 radical (unpaired) electrons. The van der Waals surface area contributed by atoms with Crippen LogP contribution in [0.4, 0.5) is 0 Å². The summed E-state index contributed by atoms with van der Waals surface area (Å²) in [6, 6.07) is -0.870. The van der Waals surface area contributed by atoms with Gasteiger partial charge in [-0.2, -0.15) is 0 Å². The Hall–Kier alpha value is -3.10. The first kappa shape index (κ1) is 74.9. The molecule has 3 unspecified atom stereocenters. The summed E-state index contributed by atoms with van der Waals surface area (Å²) in [5.74, 6) is -0.190. The normalized spacial score (nSPS) is 14.6. The lowest BCUT2D eigenvalue weighted by molar-refractivity contribution is -0.870. The third kappa shape index (κ3) is 60.5. The Kier molecular flexibility index (Phi) is 56.2. The number of aliphatic hydroxyl groups is 1. The van der Waals surface area contributed by atoms with E-state index in [-0.39, 0.29) is 19.1 Å².